The maximum absolute atomic E-state index is 5.73. The lowest BCUT2D eigenvalue weighted by atomic mass is 10.3. The van der Waals surface area contributed by atoms with Gasteiger partial charge in [-0.05, 0) is 41.9 Å². The van der Waals surface area contributed by atoms with E-state index in [-0.39, 0.29) is 0 Å². The molecular formula is C12H15BrN4O. The highest BCUT2D eigenvalue weighted by Crippen LogP contribution is 2.24. The van der Waals surface area contributed by atoms with Crippen LogP contribution in [0.2, 0.25) is 0 Å². The minimum atomic E-state index is 0.396. The number of aromatic nitrogens is 3. The van der Waals surface area contributed by atoms with E-state index >= 15 is 0 Å². The Hall–Kier alpha value is -1.56. The van der Waals surface area contributed by atoms with Crippen molar-refractivity contribution in [2.24, 2.45) is 0 Å². The van der Waals surface area contributed by atoms with Gasteiger partial charge in [0.2, 0.25) is 0 Å². The highest BCUT2D eigenvalue weighted by Gasteiger charge is 2.13. The summed E-state index contributed by atoms with van der Waals surface area (Å²) in [7, 11) is 0. The fourth-order valence-electron chi connectivity index (χ4n) is 1.68. The molecule has 2 rings (SSSR count). The summed E-state index contributed by atoms with van der Waals surface area (Å²) in [5.41, 5.74) is 7.68. The molecule has 96 valence electrons. The van der Waals surface area contributed by atoms with Crippen LogP contribution in [0.1, 0.15) is 18.3 Å². The van der Waals surface area contributed by atoms with Crippen molar-refractivity contribution in [3.05, 3.63) is 34.2 Å². The van der Waals surface area contributed by atoms with Gasteiger partial charge < -0.3 is 10.5 Å². The third-order valence-corrected chi connectivity index (χ3v) is 3.65. The first-order chi connectivity index (χ1) is 8.63. The molecule has 0 saturated heterocycles. The van der Waals surface area contributed by atoms with Gasteiger partial charge in [-0.25, -0.2) is 4.98 Å². The van der Waals surface area contributed by atoms with Gasteiger partial charge in [0.1, 0.15) is 6.61 Å². The molecule has 0 radical (unpaired) electrons. The van der Waals surface area contributed by atoms with E-state index in [0.29, 0.717) is 18.2 Å². The standard InChI is InChI=1S/C12H15BrN4O/c1-3-17-9(11(13)8(2)16-17)7-18-10-5-4-6-15-12(10)14/h4-6H,3,7H2,1-2H3,(H2,14,15). The van der Waals surface area contributed by atoms with Gasteiger partial charge in [-0.15, -0.1) is 0 Å². The molecule has 0 bridgehead atoms. The number of nitrogen functional groups attached to an aromatic ring is 1. The smallest absolute Gasteiger partial charge is 0.166 e. The molecule has 0 aromatic carbocycles. The molecule has 0 atom stereocenters. The van der Waals surface area contributed by atoms with E-state index in [4.69, 9.17) is 10.5 Å². The molecule has 2 aromatic heterocycles. The Labute approximate surface area is 114 Å². The van der Waals surface area contributed by atoms with Crippen LogP contribution in [0, 0.1) is 6.92 Å². The molecule has 0 aliphatic carbocycles. The van der Waals surface area contributed by atoms with Crippen LogP contribution in [0.25, 0.3) is 0 Å². The molecule has 0 spiro atoms. The summed E-state index contributed by atoms with van der Waals surface area (Å²) in [6.45, 7) is 5.21. The molecule has 5 nitrogen and oxygen atoms in total. The number of hydrogen-bond donors (Lipinski definition) is 1. The monoisotopic (exact) mass is 310 g/mol. The predicted molar refractivity (Wildman–Crippen MR) is 73.3 cm³/mol. The van der Waals surface area contributed by atoms with E-state index in [0.717, 1.165) is 22.4 Å². The molecule has 0 amide bonds. The summed E-state index contributed by atoms with van der Waals surface area (Å²) < 4.78 is 8.57. The topological polar surface area (TPSA) is 66.0 Å². The number of ether oxygens (including phenoxy) is 1. The fourth-order valence-corrected chi connectivity index (χ4v) is 2.08. The Balaban J connectivity index is 2.18. The molecule has 0 aliphatic heterocycles. The first-order valence-electron chi connectivity index (χ1n) is 5.68. The van der Waals surface area contributed by atoms with Crippen LogP contribution in [0.5, 0.6) is 5.75 Å². The summed E-state index contributed by atoms with van der Waals surface area (Å²) in [5, 5.41) is 4.41. The summed E-state index contributed by atoms with van der Waals surface area (Å²) >= 11 is 3.52. The zero-order valence-electron chi connectivity index (χ0n) is 10.4. The highest BCUT2D eigenvalue weighted by molar-refractivity contribution is 9.10. The van der Waals surface area contributed by atoms with Crippen LogP contribution in [0.4, 0.5) is 5.82 Å². The predicted octanol–water partition coefficient (Wildman–Crippen LogP) is 2.53. The molecule has 2 N–H and O–H groups in total. The van der Waals surface area contributed by atoms with E-state index in [2.05, 4.69) is 26.0 Å². The van der Waals surface area contributed by atoms with Crippen LogP contribution >= 0.6 is 15.9 Å². The third kappa shape index (κ3) is 2.48. The lowest BCUT2D eigenvalue weighted by molar-refractivity contribution is 0.292. The van der Waals surface area contributed by atoms with Crippen molar-refractivity contribution >= 4 is 21.7 Å². The number of anilines is 1. The normalized spacial score (nSPS) is 10.6. The van der Waals surface area contributed by atoms with Crippen LogP contribution in [-0.4, -0.2) is 14.8 Å². The average Bonchev–Trinajstić information content (AvgIpc) is 2.65. The molecule has 2 heterocycles. The summed E-state index contributed by atoms with van der Waals surface area (Å²) in [4.78, 5) is 3.98. The summed E-state index contributed by atoms with van der Waals surface area (Å²) in [6.07, 6.45) is 1.64. The minimum absolute atomic E-state index is 0.396. The lowest BCUT2D eigenvalue weighted by Crippen LogP contribution is -2.07. The SMILES string of the molecule is CCn1nc(C)c(Br)c1COc1cccnc1N. The van der Waals surface area contributed by atoms with Crippen molar-refractivity contribution in [1.29, 1.82) is 0 Å². The number of nitrogens with zero attached hydrogens (tertiary/aromatic N) is 3. The van der Waals surface area contributed by atoms with Crippen molar-refractivity contribution < 1.29 is 4.74 Å². The Morgan fingerprint density at radius 1 is 1.50 bits per heavy atom. The largest absolute Gasteiger partial charge is 0.483 e. The second-order valence-corrected chi connectivity index (χ2v) is 4.63. The number of nitrogens with two attached hydrogens (primary N) is 1. The quantitative estimate of drug-likeness (QED) is 0.942. The molecular weight excluding hydrogens is 296 g/mol. The van der Waals surface area contributed by atoms with Gasteiger partial charge in [-0.2, -0.15) is 5.10 Å². The number of halogens is 1. The molecule has 0 fully saturated rings. The summed E-state index contributed by atoms with van der Waals surface area (Å²) in [5.74, 6) is 0.985. The van der Waals surface area contributed by atoms with Gasteiger partial charge in [-0.1, -0.05) is 0 Å². The Kier molecular flexibility index (Phi) is 3.86. The van der Waals surface area contributed by atoms with Crippen LogP contribution < -0.4 is 10.5 Å². The zero-order chi connectivity index (χ0) is 13.1. The number of rotatable bonds is 4. The first kappa shape index (κ1) is 12.9. The van der Waals surface area contributed by atoms with E-state index in [1.165, 1.54) is 0 Å². The first-order valence-corrected chi connectivity index (χ1v) is 6.47. The van der Waals surface area contributed by atoms with Crippen molar-refractivity contribution in [2.75, 3.05) is 5.73 Å². The average molecular weight is 311 g/mol. The second-order valence-electron chi connectivity index (χ2n) is 3.84. The van der Waals surface area contributed by atoms with Gasteiger partial charge in [0.25, 0.3) is 0 Å². The molecule has 2 aromatic rings. The zero-order valence-corrected chi connectivity index (χ0v) is 11.9. The van der Waals surface area contributed by atoms with E-state index in [9.17, 15) is 0 Å². The summed E-state index contributed by atoms with van der Waals surface area (Å²) in [6, 6.07) is 3.60. The Morgan fingerprint density at radius 3 is 2.94 bits per heavy atom. The number of pyridine rings is 1. The van der Waals surface area contributed by atoms with Crippen molar-refractivity contribution in [3.63, 3.8) is 0 Å². The van der Waals surface area contributed by atoms with Gasteiger partial charge in [0.05, 0.1) is 15.9 Å². The maximum atomic E-state index is 5.73. The molecule has 0 aliphatic rings. The molecule has 6 heteroatoms. The fraction of sp³-hybridized carbons (Fsp3) is 0.333. The number of aryl methyl sites for hydroxylation is 2. The Morgan fingerprint density at radius 2 is 2.28 bits per heavy atom. The minimum Gasteiger partial charge on any atom is -0.483 e. The molecule has 0 unspecified atom stereocenters. The van der Waals surface area contributed by atoms with Gasteiger partial charge in [-0.3, -0.25) is 4.68 Å². The van der Waals surface area contributed by atoms with Gasteiger partial charge in [0, 0.05) is 12.7 Å². The van der Waals surface area contributed by atoms with Gasteiger partial charge in [0.15, 0.2) is 11.6 Å². The van der Waals surface area contributed by atoms with Crippen LogP contribution in [0.3, 0.4) is 0 Å². The third-order valence-electron chi connectivity index (χ3n) is 2.62. The lowest BCUT2D eigenvalue weighted by Gasteiger charge is -2.09. The van der Waals surface area contributed by atoms with Crippen molar-refractivity contribution in [3.8, 4) is 5.75 Å². The van der Waals surface area contributed by atoms with Crippen molar-refractivity contribution in [2.45, 2.75) is 27.0 Å². The molecule has 0 saturated carbocycles. The highest BCUT2D eigenvalue weighted by atomic mass is 79.9. The van der Waals surface area contributed by atoms with E-state index in [1.807, 2.05) is 18.5 Å². The number of hydrogen-bond acceptors (Lipinski definition) is 4. The van der Waals surface area contributed by atoms with Gasteiger partial charge >= 0.3 is 0 Å². The molecule has 18 heavy (non-hydrogen) atoms. The maximum Gasteiger partial charge on any atom is 0.166 e. The van der Waals surface area contributed by atoms with Crippen LogP contribution in [0.15, 0.2) is 22.8 Å². The van der Waals surface area contributed by atoms with Crippen molar-refractivity contribution in [1.82, 2.24) is 14.8 Å². The Bertz CT molecular complexity index is 553. The second kappa shape index (κ2) is 5.39. The van der Waals surface area contributed by atoms with Crippen LogP contribution in [-0.2, 0) is 13.2 Å². The van der Waals surface area contributed by atoms with E-state index in [1.54, 1.807) is 18.3 Å². The van der Waals surface area contributed by atoms with E-state index < -0.39 is 0 Å².